The minimum Gasteiger partial charge on any atom is -0.504 e. The van der Waals surface area contributed by atoms with Gasteiger partial charge in [-0.15, -0.1) is 0 Å². The zero-order chi connectivity index (χ0) is 41.0. The maximum Gasteiger partial charge on any atom is 0.248 e. The Bertz CT molecular complexity index is 1970. The number of hydrogen-bond donors (Lipinski definition) is 5. The smallest absolute Gasteiger partial charge is 0.248 e. The number of amides is 6. The highest BCUT2D eigenvalue weighted by atomic mass is 16.5. The summed E-state index contributed by atoms with van der Waals surface area (Å²) in [5, 5.41) is 30.3. The molecule has 3 aromatic carbocycles. The summed E-state index contributed by atoms with van der Waals surface area (Å²) in [6, 6.07) is 9.63. The van der Waals surface area contributed by atoms with Crippen LogP contribution in [0.15, 0.2) is 66.7 Å². The third kappa shape index (κ3) is 8.86. The fourth-order valence-corrected chi connectivity index (χ4v) is 6.75. The van der Waals surface area contributed by atoms with Crippen molar-refractivity contribution in [2.45, 2.75) is 76.0 Å². The van der Waals surface area contributed by atoms with E-state index >= 15 is 0 Å². The van der Waals surface area contributed by atoms with Crippen molar-refractivity contribution in [2.24, 2.45) is 0 Å². The number of carbonyl (C=O) groups excluding carboxylic acids is 6. The minimum atomic E-state index is -1.64. The summed E-state index contributed by atoms with van der Waals surface area (Å²) in [4.78, 5) is 87.5. The van der Waals surface area contributed by atoms with Gasteiger partial charge in [-0.25, -0.2) is 0 Å². The number of fused-ring (bicyclic) bond motifs is 2. The molecule has 3 aliphatic heterocycles. The zero-order valence-electron chi connectivity index (χ0n) is 32.3. The average molecular weight is 773 g/mol. The maximum atomic E-state index is 14.6. The van der Waals surface area contributed by atoms with Crippen molar-refractivity contribution < 1.29 is 48.5 Å². The highest BCUT2D eigenvalue weighted by molar-refractivity contribution is 5.98. The van der Waals surface area contributed by atoms with Crippen LogP contribution in [0, 0.1) is 0 Å². The van der Waals surface area contributed by atoms with Crippen LogP contribution in [0.25, 0.3) is 0 Å². The number of phenolic OH excluding ortho intramolecular Hbond substituents is 1. The summed E-state index contributed by atoms with van der Waals surface area (Å²) in [7, 11) is 5.57. The molecule has 0 unspecified atom stereocenters. The first-order valence-corrected chi connectivity index (χ1v) is 18.1. The monoisotopic (exact) mass is 772 g/mol. The van der Waals surface area contributed by atoms with Crippen molar-refractivity contribution >= 4 is 35.4 Å². The predicted octanol–water partition coefficient (Wildman–Crippen LogP) is 1.03. The molecule has 3 aliphatic rings. The second-order valence-corrected chi connectivity index (χ2v) is 14.2. The second kappa shape index (κ2) is 17.1. The van der Waals surface area contributed by atoms with Crippen LogP contribution < -0.4 is 25.4 Å². The highest BCUT2D eigenvalue weighted by Crippen LogP contribution is 2.34. The van der Waals surface area contributed by atoms with E-state index in [0.717, 1.165) is 9.80 Å². The molecule has 56 heavy (non-hydrogen) atoms. The number of hydrogen-bond acceptors (Lipinski definition) is 10. The summed E-state index contributed by atoms with van der Waals surface area (Å²) in [5.74, 6) is -3.58. The molecular formula is C40H48N6O10. The highest BCUT2D eigenvalue weighted by Gasteiger charge is 2.42. The third-order valence-electron chi connectivity index (χ3n) is 10.3. The first-order chi connectivity index (χ1) is 26.5. The van der Waals surface area contributed by atoms with Crippen molar-refractivity contribution in [3.63, 3.8) is 0 Å². The van der Waals surface area contributed by atoms with E-state index in [1.165, 1.54) is 90.3 Å². The van der Waals surface area contributed by atoms with E-state index < -0.39 is 77.8 Å². The SMILES string of the molecule is COc1ccc(C[C@H]2C(=O)N[C@@H](C)C(=O)N(C)[C@@H]3C(=O)N(C)[C@@H](Cc4ccc(O)c(c4)Oc4ccc(cc4)[C@H]3O)C(=O)N[C@H](C)C(=O)N[C@@H](C)C(=O)N2C)cc1. The molecule has 6 bridgehead atoms. The van der Waals surface area contributed by atoms with Crippen LogP contribution in [0.3, 0.4) is 0 Å². The van der Waals surface area contributed by atoms with E-state index in [0.29, 0.717) is 22.6 Å². The van der Waals surface area contributed by atoms with E-state index in [9.17, 15) is 39.0 Å². The Labute approximate surface area is 324 Å². The Hall–Kier alpha value is -6.16. The Morgan fingerprint density at radius 3 is 1.93 bits per heavy atom. The van der Waals surface area contributed by atoms with Crippen LogP contribution in [0.2, 0.25) is 0 Å². The van der Waals surface area contributed by atoms with Crippen molar-refractivity contribution in [1.29, 1.82) is 0 Å². The fourth-order valence-electron chi connectivity index (χ4n) is 6.75. The van der Waals surface area contributed by atoms with Gasteiger partial charge >= 0.3 is 0 Å². The number of carbonyl (C=O) groups is 6. The van der Waals surface area contributed by atoms with E-state index in [2.05, 4.69) is 16.0 Å². The number of methoxy groups -OCH3 is 1. The van der Waals surface area contributed by atoms with Gasteiger partial charge in [0, 0.05) is 34.0 Å². The molecule has 6 amide bonds. The molecule has 1 saturated heterocycles. The van der Waals surface area contributed by atoms with Gasteiger partial charge in [0.25, 0.3) is 0 Å². The number of aromatic hydroxyl groups is 1. The fraction of sp³-hybridized carbons (Fsp3) is 0.400. The summed E-state index contributed by atoms with van der Waals surface area (Å²) in [6.45, 7) is 4.27. The van der Waals surface area contributed by atoms with Gasteiger partial charge in [0.05, 0.1) is 7.11 Å². The lowest BCUT2D eigenvalue weighted by molar-refractivity contribution is -0.153. The van der Waals surface area contributed by atoms with Crippen LogP contribution in [0.4, 0.5) is 0 Å². The van der Waals surface area contributed by atoms with Crippen LogP contribution >= 0.6 is 0 Å². The molecule has 3 aromatic rings. The normalized spacial score (nSPS) is 25.7. The molecule has 7 atom stereocenters. The van der Waals surface area contributed by atoms with Crippen molar-refractivity contribution in [2.75, 3.05) is 28.3 Å². The third-order valence-corrected chi connectivity index (χ3v) is 10.3. The maximum absolute atomic E-state index is 14.6. The molecule has 5 N–H and O–H groups in total. The van der Waals surface area contributed by atoms with E-state index in [1.807, 2.05) is 0 Å². The molecule has 16 nitrogen and oxygen atoms in total. The molecule has 0 aromatic heterocycles. The topological polar surface area (TPSA) is 207 Å². The Balaban J connectivity index is 1.60. The number of phenols is 1. The number of nitrogens with one attached hydrogen (secondary N) is 3. The van der Waals surface area contributed by atoms with Gasteiger partial charge in [0.15, 0.2) is 11.5 Å². The lowest BCUT2D eigenvalue weighted by Gasteiger charge is -2.38. The van der Waals surface area contributed by atoms with Gasteiger partial charge in [0.1, 0.15) is 53.9 Å². The largest absolute Gasteiger partial charge is 0.504 e. The molecule has 0 spiro atoms. The van der Waals surface area contributed by atoms with Gasteiger partial charge in [-0.05, 0) is 73.9 Å². The summed E-state index contributed by atoms with van der Waals surface area (Å²) >= 11 is 0. The standard InChI is InChI=1S/C40H48N6O10/c1-21-35(49)42-22(2)38(52)44(4)29(18-24-8-13-27(55-7)14-9-24)37(51)43-23(3)39(53)46(6)33-34(48)26-11-15-28(16-12-26)56-32-20-25(10-17-31(32)47)19-30(36(50)41-21)45(5)40(33)54/h8-17,20-23,29-30,33-34,47-48H,18-19H2,1-7H3,(H,41,50)(H,42,49)(H,43,51)/t21-,22+,23+,29+,30+,33+,34-/m1/s1. The van der Waals surface area contributed by atoms with Gasteiger partial charge in [-0.3, -0.25) is 28.8 Å². The first-order valence-electron chi connectivity index (χ1n) is 18.1. The van der Waals surface area contributed by atoms with Crippen LogP contribution in [-0.4, -0.2) is 125 Å². The number of likely N-dealkylation sites (N-methyl/N-ethyl adjacent to an activating group) is 3. The molecule has 1 fully saturated rings. The van der Waals surface area contributed by atoms with E-state index in [-0.39, 0.29) is 29.9 Å². The summed E-state index contributed by atoms with van der Waals surface area (Å²) in [5.41, 5.74) is 1.36. The van der Waals surface area contributed by atoms with Gasteiger partial charge in [-0.1, -0.05) is 30.3 Å². The predicted molar refractivity (Wildman–Crippen MR) is 202 cm³/mol. The second-order valence-electron chi connectivity index (χ2n) is 14.2. The van der Waals surface area contributed by atoms with Crippen molar-refractivity contribution in [1.82, 2.24) is 30.7 Å². The molecule has 16 heteroatoms. The minimum absolute atomic E-state index is 0.0240. The molecule has 0 saturated carbocycles. The lowest BCUT2D eigenvalue weighted by atomic mass is 9.96. The lowest BCUT2D eigenvalue weighted by Crippen LogP contribution is -2.62. The summed E-state index contributed by atoms with van der Waals surface area (Å²) in [6.07, 6.45) is -1.76. The molecule has 298 valence electrons. The van der Waals surface area contributed by atoms with Gasteiger partial charge in [0.2, 0.25) is 35.4 Å². The molecule has 3 heterocycles. The van der Waals surface area contributed by atoms with Crippen LogP contribution in [0.1, 0.15) is 43.6 Å². The number of rotatable bonds is 3. The molecule has 6 rings (SSSR count). The van der Waals surface area contributed by atoms with Gasteiger partial charge in [-0.2, -0.15) is 0 Å². The summed E-state index contributed by atoms with van der Waals surface area (Å²) < 4.78 is 11.2. The number of aliphatic hydroxyl groups excluding tert-OH is 1. The van der Waals surface area contributed by atoms with E-state index in [1.54, 1.807) is 30.3 Å². The van der Waals surface area contributed by atoms with Crippen LogP contribution in [0.5, 0.6) is 23.0 Å². The Kier molecular flexibility index (Phi) is 12.5. The zero-order valence-corrected chi connectivity index (χ0v) is 32.3. The quantitative estimate of drug-likeness (QED) is 0.256. The Morgan fingerprint density at radius 1 is 0.714 bits per heavy atom. The molecule has 0 radical (unpaired) electrons. The Morgan fingerprint density at radius 2 is 1.30 bits per heavy atom. The molecule has 0 aliphatic carbocycles. The van der Waals surface area contributed by atoms with Crippen LogP contribution in [-0.2, 0) is 41.6 Å². The number of ether oxygens (including phenoxy) is 2. The van der Waals surface area contributed by atoms with Crippen molar-refractivity contribution in [3.8, 4) is 23.0 Å². The van der Waals surface area contributed by atoms with Gasteiger partial charge < -0.3 is 50.3 Å². The number of benzene rings is 3. The van der Waals surface area contributed by atoms with E-state index in [4.69, 9.17) is 9.47 Å². The average Bonchev–Trinajstić information content (AvgIpc) is 3.18. The molecular weight excluding hydrogens is 724 g/mol. The number of aliphatic hydroxyl groups is 1. The van der Waals surface area contributed by atoms with Crippen molar-refractivity contribution in [3.05, 3.63) is 83.4 Å². The number of nitrogens with zero attached hydrogens (tertiary/aromatic N) is 3. The first kappa shape index (κ1) is 41.0.